The monoisotopic (exact) mass is 288 g/mol. The number of aryl methyl sites for hydroxylation is 2. The third-order valence-electron chi connectivity index (χ3n) is 3.66. The Kier molecular flexibility index (Phi) is 4.66. The van der Waals surface area contributed by atoms with E-state index in [4.69, 9.17) is 9.72 Å². The Hall–Kier alpha value is -1.84. The first-order chi connectivity index (χ1) is 9.93. The maximum absolute atomic E-state index is 12.3. The molecule has 2 aromatic rings. The second-order valence-corrected chi connectivity index (χ2v) is 5.96. The summed E-state index contributed by atoms with van der Waals surface area (Å²) in [5.74, 6) is 0.715. The first-order valence-corrected chi connectivity index (χ1v) is 7.53. The van der Waals surface area contributed by atoms with Crippen LogP contribution in [-0.4, -0.2) is 22.1 Å². The van der Waals surface area contributed by atoms with Crippen molar-refractivity contribution in [1.29, 1.82) is 0 Å². The van der Waals surface area contributed by atoms with Gasteiger partial charge in [0.1, 0.15) is 11.7 Å². The van der Waals surface area contributed by atoms with Crippen LogP contribution in [0.4, 0.5) is 0 Å². The van der Waals surface area contributed by atoms with E-state index in [0.29, 0.717) is 12.5 Å². The predicted molar refractivity (Wildman–Crippen MR) is 84.3 cm³/mol. The van der Waals surface area contributed by atoms with E-state index < -0.39 is 0 Å². The number of carbonyl (C=O) groups excluding carboxylic acids is 1. The molecule has 0 amide bonds. The van der Waals surface area contributed by atoms with Crippen molar-refractivity contribution >= 4 is 17.0 Å². The number of rotatable bonds is 5. The predicted octanol–water partition coefficient (Wildman–Crippen LogP) is 3.57. The zero-order chi connectivity index (χ0) is 15.6. The number of fused-ring (bicyclic) bond motifs is 1. The van der Waals surface area contributed by atoms with Gasteiger partial charge in [0.05, 0.1) is 17.6 Å². The molecule has 1 atom stereocenters. The molecule has 0 aliphatic heterocycles. The molecule has 1 aromatic carbocycles. The second-order valence-electron chi connectivity index (χ2n) is 5.96. The van der Waals surface area contributed by atoms with E-state index in [2.05, 4.69) is 32.0 Å². The zero-order valence-electron chi connectivity index (χ0n) is 13.5. The van der Waals surface area contributed by atoms with Crippen LogP contribution < -0.4 is 0 Å². The Balaban J connectivity index is 2.48. The van der Waals surface area contributed by atoms with Crippen molar-refractivity contribution in [3.8, 4) is 0 Å². The largest absolute Gasteiger partial charge is 0.465 e. The van der Waals surface area contributed by atoms with Crippen molar-refractivity contribution in [3.05, 3.63) is 29.6 Å². The Morgan fingerprint density at radius 1 is 1.38 bits per heavy atom. The maximum atomic E-state index is 12.3. The molecular formula is C17H24N2O2. The number of imidazole rings is 1. The number of benzene rings is 1. The lowest BCUT2D eigenvalue weighted by Gasteiger charge is -2.17. The van der Waals surface area contributed by atoms with Gasteiger partial charge in [0.25, 0.3) is 0 Å². The van der Waals surface area contributed by atoms with Crippen LogP contribution in [0.25, 0.3) is 11.0 Å². The molecule has 0 radical (unpaired) electrons. The molecule has 0 bridgehead atoms. The summed E-state index contributed by atoms with van der Waals surface area (Å²) in [7, 11) is 1.96. The Bertz CT molecular complexity index is 644. The van der Waals surface area contributed by atoms with Crippen molar-refractivity contribution in [2.24, 2.45) is 13.0 Å². The van der Waals surface area contributed by atoms with E-state index in [1.165, 1.54) is 5.56 Å². The molecule has 114 valence electrons. The molecule has 1 heterocycles. The van der Waals surface area contributed by atoms with Gasteiger partial charge < -0.3 is 9.30 Å². The van der Waals surface area contributed by atoms with E-state index in [9.17, 15) is 4.79 Å². The summed E-state index contributed by atoms with van der Waals surface area (Å²) in [4.78, 5) is 17.0. The van der Waals surface area contributed by atoms with Crippen molar-refractivity contribution in [1.82, 2.24) is 9.55 Å². The summed E-state index contributed by atoms with van der Waals surface area (Å²) >= 11 is 0. The Morgan fingerprint density at radius 2 is 2.10 bits per heavy atom. The number of hydrogen-bond donors (Lipinski definition) is 0. The lowest BCUT2D eigenvalue weighted by atomic mass is 9.96. The normalized spacial score (nSPS) is 12.9. The molecule has 1 aromatic heterocycles. The van der Waals surface area contributed by atoms with Crippen LogP contribution in [0.1, 0.15) is 44.5 Å². The standard InChI is InChI=1S/C17H24N2O2/c1-6-21-17(20)13(9-11(2)3)16-18-14-10-12(4)7-8-15(14)19(16)5/h7-8,10-11,13H,6,9H2,1-5H3. The Labute approximate surface area is 126 Å². The summed E-state index contributed by atoms with van der Waals surface area (Å²) in [5, 5.41) is 0. The Morgan fingerprint density at radius 3 is 2.71 bits per heavy atom. The molecule has 0 aliphatic carbocycles. The van der Waals surface area contributed by atoms with Gasteiger partial charge in [0, 0.05) is 7.05 Å². The lowest BCUT2D eigenvalue weighted by molar-refractivity contribution is -0.145. The average Bonchev–Trinajstić information content (AvgIpc) is 2.72. The third-order valence-corrected chi connectivity index (χ3v) is 3.66. The summed E-state index contributed by atoms with van der Waals surface area (Å²) in [6.07, 6.45) is 0.745. The van der Waals surface area contributed by atoms with Gasteiger partial charge >= 0.3 is 5.97 Å². The average molecular weight is 288 g/mol. The first kappa shape index (κ1) is 15.5. The van der Waals surface area contributed by atoms with Crippen LogP contribution in [0.3, 0.4) is 0 Å². The number of nitrogens with zero attached hydrogens (tertiary/aromatic N) is 2. The molecule has 2 rings (SSSR count). The topological polar surface area (TPSA) is 44.1 Å². The highest BCUT2D eigenvalue weighted by Crippen LogP contribution is 2.28. The van der Waals surface area contributed by atoms with Gasteiger partial charge in [-0.05, 0) is 43.9 Å². The van der Waals surface area contributed by atoms with Gasteiger partial charge in [-0.15, -0.1) is 0 Å². The van der Waals surface area contributed by atoms with Crippen molar-refractivity contribution in [2.45, 2.75) is 40.0 Å². The molecule has 0 N–H and O–H groups in total. The highest BCUT2D eigenvalue weighted by atomic mass is 16.5. The van der Waals surface area contributed by atoms with Crippen LogP contribution >= 0.6 is 0 Å². The van der Waals surface area contributed by atoms with Gasteiger partial charge in [-0.1, -0.05) is 19.9 Å². The van der Waals surface area contributed by atoms with Gasteiger partial charge in [0.15, 0.2) is 0 Å². The minimum Gasteiger partial charge on any atom is -0.465 e. The van der Waals surface area contributed by atoms with Gasteiger partial charge in [-0.25, -0.2) is 4.98 Å². The van der Waals surface area contributed by atoms with E-state index in [1.807, 2.05) is 25.5 Å². The van der Waals surface area contributed by atoms with E-state index in [-0.39, 0.29) is 11.9 Å². The molecule has 0 saturated carbocycles. The number of esters is 1. The van der Waals surface area contributed by atoms with E-state index in [1.54, 1.807) is 0 Å². The fraction of sp³-hybridized carbons (Fsp3) is 0.529. The van der Waals surface area contributed by atoms with E-state index in [0.717, 1.165) is 23.3 Å². The van der Waals surface area contributed by atoms with Crippen molar-refractivity contribution in [3.63, 3.8) is 0 Å². The minimum absolute atomic E-state index is 0.179. The summed E-state index contributed by atoms with van der Waals surface area (Å²) < 4.78 is 7.25. The van der Waals surface area contributed by atoms with Gasteiger partial charge in [-0.3, -0.25) is 4.79 Å². The SMILES string of the molecule is CCOC(=O)C(CC(C)C)c1nc2cc(C)ccc2n1C. The molecule has 0 spiro atoms. The quantitative estimate of drug-likeness (QED) is 0.790. The highest BCUT2D eigenvalue weighted by Gasteiger charge is 2.28. The van der Waals surface area contributed by atoms with Crippen LogP contribution in [-0.2, 0) is 16.6 Å². The molecular weight excluding hydrogens is 264 g/mol. The van der Waals surface area contributed by atoms with Crippen LogP contribution in [0.2, 0.25) is 0 Å². The number of hydrogen-bond acceptors (Lipinski definition) is 3. The summed E-state index contributed by atoms with van der Waals surface area (Å²) in [6.45, 7) is 8.50. The fourth-order valence-electron chi connectivity index (χ4n) is 2.66. The van der Waals surface area contributed by atoms with Gasteiger partial charge in [0.2, 0.25) is 0 Å². The number of carbonyl (C=O) groups is 1. The second kappa shape index (κ2) is 6.29. The summed E-state index contributed by atoms with van der Waals surface area (Å²) in [5.41, 5.74) is 3.16. The highest BCUT2D eigenvalue weighted by molar-refractivity contribution is 5.81. The first-order valence-electron chi connectivity index (χ1n) is 7.53. The zero-order valence-corrected chi connectivity index (χ0v) is 13.5. The molecule has 21 heavy (non-hydrogen) atoms. The molecule has 1 unspecified atom stereocenters. The molecule has 0 saturated heterocycles. The van der Waals surface area contributed by atoms with Crippen LogP contribution in [0.5, 0.6) is 0 Å². The third kappa shape index (κ3) is 3.26. The maximum Gasteiger partial charge on any atom is 0.316 e. The summed E-state index contributed by atoms with van der Waals surface area (Å²) in [6, 6.07) is 6.17. The van der Waals surface area contributed by atoms with Crippen molar-refractivity contribution < 1.29 is 9.53 Å². The lowest BCUT2D eigenvalue weighted by Crippen LogP contribution is -2.21. The molecule has 4 heteroatoms. The van der Waals surface area contributed by atoms with Crippen molar-refractivity contribution in [2.75, 3.05) is 6.61 Å². The molecule has 0 fully saturated rings. The van der Waals surface area contributed by atoms with Crippen LogP contribution in [0.15, 0.2) is 18.2 Å². The minimum atomic E-state index is -0.303. The van der Waals surface area contributed by atoms with Crippen LogP contribution in [0, 0.1) is 12.8 Å². The molecule has 4 nitrogen and oxygen atoms in total. The number of ether oxygens (including phenoxy) is 1. The smallest absolute Gasteiger partial charge is 0.316 e. The molecule has 0 aliphatic rings. The van der Waals surface area contributed by atoms with E-state index >= 15 is 0 Å². The fourth-order valence-corrected chi connectivity index (χ4v) is 2.66. The van der Waals surface area contributed by atoms with Gasteiger partial charge in [-0.2, -0.15) is 0 Å². The number of aromatic nitrogens is 2.